The van der Waals surface area contributed by atoms with Crippen LogP contribution in [-0.4, -0.2) is 37.2 Å². The Morgan fingerprint density at radius 1 is 0.333 bits per heavy atom. The van der Waals surface area contributed by atoms with Crippen molar-refractivity contribution in [1.29, 1.82) is 0 Å². The summed E-state index contributed by atoms with van der Waals surface area (Å²) in [5.41, 5.74) is 0. The van der Waals surface area contributed by atoms with Gasteiger partial charge in [-0.15, -0.1) is 0 Å². The third-order valence-electron chi connectivity index (χ3n) is 13.3. The first-order valence-electron chi connectivity index (χ1n) is 28.3. The molecule has 0 spiro atoms. The quantitative estimate of drug-likeness (QED) is 0.0344. The number of rotatable bonds is 51. The van der Waals surface area contributed by atoms with Crippen LogP contribution in [0, 0.1) is 11.8 Å². The lowest BCUT2D eigenvalue weighted by molar-refractivity contribution is -0.167. The lowest BCUT2D eigenvalue weighted by Crippen LogP contribution is -2.30. The van der Waals surface area contributed by atoms with Crippen molar-refractivity contribution in [3.8, 4) is 0 Å². The summed E-state index contributed by atoms with van der Waals surface area (Å²) in [5.74, 6) is 0.880. The second kappa shape index (κ2) is 49.8. The maximum Gasteiger partial charge on any atom is 0.306 e. The fourth-order valence-electron chi connectivity index (χ4n) is 8.66. The molecule has 0 radical (unpaired) electrons. The number of carbonyl (C=O) groups excluding carboxylic acids is 3. The van der Waals surface area contributed by atoms with Crippen LogP contribution >= 0.6 is 0 Å². The molecule has 0 rings (SSSR count). The fourth-order valence-corrected chi connectivity index (χ4v) is 8.66. The second-order valence-corrected chi connectivity index (χ2v) is 20.3. The fraction of sp³-hybridized carbons (Fsp3) is 0.947. The van der Waals surface area contributed by atoms with Gasteiger partial charge >= 0.3 is 17.9 Å². The summed E-state index contributed by atoms with van der Waals surface area (Å²) in [6.07, 6.45) is 52.2. The standard InChI is InChI=1S/C57H110O6/c1-6-8-9-10-11-12-13-16-22-27-32-37-42-47-55(58)61-50-54(51-62-56(59)48-43-38-33-28-24-19-20-25-30-35-40-45-52(3)4)63-57(60)49-44-39-34-29-23-18-15-14-17-21-26-31-36-41-46-53(5)7-2/h52-54H,6-51H2,1-5H3/t53?,54-/m1/s1. The van der Waals surface area contributed by atoms with Crippen LogP contribution in [0.2, 0.25) is 0 Å². The van der Waals surface area contributed by atoms with E-state index in [-0.39, 0.29) is 31.1 Å². The van der Waals surface area contributed by atoms with E-state index in [9.17, 15) is 14.4 Å². The summed E-state index contributed by atoms with van der Waals surface area (Å²) in [6.45, 7) is 11.4. The molecule has 0 fully saturated rings. The van der Waals surface area contributed by atoms with Gasteiger partial charge in [0.05, 0.1) is 0 Å². The van der Waals surface area contributed by atoms with E-state index in [4.69, 9.17) is 14.2 Å². The third kappa shape index (κ3) is 49.7. The van der Waals surface area contributed by atoms with E-state index < -0.39 is 6.10 Å². The predicted octanol–water partition coefficient (Wildman–Crippen LogP) is 18.5. The van der Waals surface area contributed by atoms with Crippen molar-refractivity contribution in [2.24, 2.45) is 11.8 Å². The molecule has 0 amide bonds. The van der Waals surface area contributed by atoms with Crippen molar-refractivity contribution in [2.75, 3.05) is 13.2 Å². The van der Waals surface area contributed by atoms with E-state index >= 15 is 0 Å². The van der Waals surface area contributed by atoms with Crippen LogP contribution in [0.5, 0.6) is 0 Å². The van der Waals surface area contributed by atoms with E-state index in [1.54, 1.807) is 0 Å². The molecule has 0 bridgehead atoms. The van der Waals surface area contributed by atoms with E-state index in [0.717, 1.165) is 69.6 Å². The first kappa shape index (κ1) is 61.4. The molecule has 0 aliphatic carbocycles. The molecule has 0 aliphatic rings. The van der Waals surface area contributed by atoms with Gasteiger partial charge in [-0.2, -0.15) is 0 Å². The Morgan fingerprint density at radius 3 is 0.905 bits per heavy atom. The molecule has 0 saturated carbocycles. The Labute approximate surface area is 393 Å². The Kier molecular flexibility index (Phi) is 48.6. The van der Waals surface area contributed by atoms with Crippen LogP contribution < -0.4 is 0 Å². The van der Waals surface area contributed by atoms with E-state index in [1.165, 1.54) is 205 Å². The first-order valence-corrected chi connectivity index (χ1v) is 28.3. The van der Waals surface area contributed by atoms with Crippen LogP contribution in [-0.2, 0) is 28.6 Å². The lowest BCUT2D eigenvalue weighted by atomic mass is 9.99. The number of hydrogen-bond donors (Lipinski definition) is 0. The number of ether oxygens (including phenoxy) is 3. The Balaban J connectivity index is 4.30. The van der Waals surface area contributed by atoms with Crippen molar-refractivity contribution in [3.63, 3.8) is 0 Å². The first-order chi connectivity index (χ1) is 30.8. The highest BCUT2D eigenvalue weighted by Gasteiger charge is 2.19. The molecule has 2 atom stereocenters. The van der Waals surface area contributed by atoms with Gasteiger partial charge in [-0.05, 0) is 31.1 Å². The van der Waals surface area contributed by atoms with Gasteiger partial charge in [0, 0.05) is 19.3 Å². The number of hydrogen-bond acceptors (Lipinski definition) is 6. The van der Waals surface area contributed by atoms with Crippen molar-refractivity contribution >= 4 is 17.9 Å². The topological polar surface area (TPSA) is 78.9 Å². The monoisotopic (exact) mass is 891 g/mol. The van der Waals surface area contributed by atoms with Gasteiger partial charge in [0.2, 0.25) is 0 Å². The van der Waals surface area contributed by atoms with Gasteiger partial charge in [-0.25, -0.2) is 0 Å². The molecule has 1 unspecified atom stereocenters. The van der Waals surface area contributed by atoms with Crippen molar-refractivity contribution in [3.05, 3.63) is 0 Å². The molecule has 0 saturated heterocycles. The summed E-state index contributed by atoms with van der Waals surface area (Å²) in [6, 6.07) is 0. The molecule has 0 aromatic heterocycles. The highest BCUT2D eigenvalue weighted by molar-refractivity contribution is 5.71. The summed E-state index contributed by atoms with van der Waals surface area (Å²) in [5, 5.41) is 0. The molecule has 0 N–H and O–H groups in total. The van der Waals surface area contributed by atoms with Crippen LogP contribution in [0.15, 0.2) is 0 Å². The van der Waals surface area contributed by atoms with Gasteiger partial charge in [-0.1, -0.05) is 279 Å². The molecule has 374 valence electrons. The molecule has 6 heteroatoms. The predicted molar refractivity (Wildman–Crippen MR) is 270 cm³/mol. The van der Waals surface area contributed by atoms with Crippen molar-refractivity contribution in [1.82, 2.24) is 0 Å². The average Bonchev–Trinajstić information content (AvgIpc) is 3.27. The maximum atomic E-state index is 12.8. The Bertz CT molecular complexity index is 964. The molecule has 6 nitrogen and oxygen atoms in total. The summed E-state index contributed by atoms with van der Waals surface area (Å²) < 4.78 is 16.9. The second-order valence-electron chi connectivity index (χ2n) is 20.3. The largest absolute Gasteiger partial charge is 0.462 e. The van der Waals surface area contributed by atoms with Crippen molar-refractivity contribution in [2.45, 2.75) is 323 Å². The zero-order valence-electron chi connectivity index (χ0n) is 43.2. The van der Waals surface area contributed by atoms with Crippen LogP contribution in [0.25, 0.3) is 0 Å². The molecule has 0 aromatic carbocycles. The van der Waals surface area contributed by atoms with Crippen LogP contribution in [0.3, 0.4) is 0 Å². The zero-order valence-corrected chi connectivity index (χ0v) is 43.2. The molecule has 0 aliphatic heterocycles. The number of unbranched alkanes of at least 4 members (excludes halogenated alkanes) is 35. The third-order valence-corrected chi connectivity index (χ3v) is 13.3. The van der Waals surface area contributed by atoms with E-state index in [0.29, 0.717) is 19.3 Å². The highest BCUT2D eigenvalue weighted by Crippen LogP contribution is 2.18. The molecular weight excluding hydrogens is 781 g/mol. The zero-order chi connectivity index (χ0) is 46.1. The molecule has 0 heterocycles. The van der Waals surface area contributed by atoms with Gasteiger partial charge in [0.25, 0.3) is 0 Å². The van der Waals surface area contributed by atoms with Gasteiger partial charge in [0.1, 0.15) is 13.2 Å². The normalized spacial score (nSPS) is 12.5. The minimum Gasteiger partial charge on any atom is -0.462 e. The molecule has 63 heavy (non-hydrogen) atoms. The molecular formula is C57H110O6. The van der Waals surface area contributed by atoms with E-state index in [1.807, 2.05) is 0 Å². The lowest BCUT2D eigenvalue weighted by Gasteiger charge is -2.18. The number of carbonyl (C=O) groups is 3. The minimum absolute atomic E-state index is 0.0629. The molecule has 0 aromatic rings. The van der Waals surface area contributed by atoms with Gasteiger partial charge in [-0.3, -0.25) is 14.4 Å². The average molecular weight is 892 g/mol. The maximum absolute atomic E-state index is 12.8. The van der Waals surface area contributed by atoms with Crippen LogP contribution in [0.1, 0.15) is 317 Å². The Morgan fingerprint density at radius 2 is 0.603 bits per heavy atom. The van der Waals surface area contributed by atoms with Gasteiger partial charge < -0.3 is 14.2 Å². The highest BCUT2D eigenvalue weighted by atomic mass is 16.6. The summed E-state index contributed by atoms with van der Waals surface area (Å²) >= 11 is 0. The SMILES string of the molecule is CCCCCCCCCCCCCCCC(=O)OC[C@H](COC(=O)CCCCCCCCCCCCCC(C)C)OC(=O)CCCCCCCCCCCCCCCCC(C)CC. The van der Waals surface area contributed by atoms with Crippen LogP contribution in [0.4, 0.5) is 0 Å². The number of esters is 3. The Hall–Kier alpha value is -1.59. The summed E-state index contributed by atoms with van der Waals surface area (Å²) in [4.78, 5) is 38.1. The summed E-state index contributed by atoms with van der Waals surface area (Å²) in [7, 11) is 0. The van der Waals surface area contributed by atoms with E-state index in [2.05, 4.69) is 34.6 Å². The smallest absolute Gasteiger partial charge is 0.306 e. The minimum atomic E-state index is -0.762. The van der Waals surface area contributed by atoms with Gasteiger partial charge in [0.15, 0.2) is 6.10 Å². The van der Waals surface area contributed by atoms with Crippen molar-refractivity contribution < 1.29 is 28.6 Å².